The Balaban J connectivity index is 2.67. The van der Waals surface area contributed by atoms with E-state index in [1.807, 2.05) is 12.2 Å². The molecule has 6 unspecified atom stereocenters. The van der Waals surface area contributed by atoms with Crippen LogP contribution in [-0.4, -0.2) is 114 Å². The predicted molar refractivity (Wildman–Crippen MR) is 270 cm³/mol. The first kappa shape index (κ1) is 65.2. The summed E-state index contributed by atoms with van der Waals surface area (Å²) in [4.78, 5) is 54.4. The Kier molecular flexibility index (Phi) is 37.8. The maximum absolute atomic E-state index is 13.0. The molecule has 19 heteroatoms. The second-order valence-corrected chi connectivity index (χ2v) is 20.0. The van der Waals surface area contributed by atoms with Crippen LogP contribution in [-0.2, 0) is 41.8 Å². The highest BCUT2D eigenvalue weighted by atomic mass is 31.2. The largest absolute Gasteiger partial charge is 0.472 e. The molecule has 1 aliphatic rings. The highest BCUT2D eigenvalue weighted by molar-refractivity contribution is 7.47. The smallest absolute Gasteiger partial charge is 0.462 e. The lowest BCUT2D eigenvalue weighted by Crippen LogP contribution is -2.64. The molecular weight excluding hydrogens is 946 g/mol. The van der Waals surface area contributed by atoms with Crippen LogP contribution in [0.2, 0.25) is 0 Å². The fraction of sp³-hybridized carbons (Fsp3) is 0.686. The number of carbonyl (C=O) groups is 2. The number of esters is 2. The highest BCUT2D eigenvalue weighted by Gasteiger charge is 2.54. The molecule has 0 aromatic carbocycles. The van der Waals surface area contributed by atoms with Crippen LogP contribution >= 0.6 is 15.6 Å². The molecule has 402 valence electrons. The van der Waals surface area contributed by atoms with E-state index < -0.39 is 89.6 Å². The molecule has 70 heavy (non-hydrogen) atoms. The number of hydrogen-bond donors (Lipinski definition) is 8. The zero-order valence-electron chi connectivity index (χ0n) is 41.5. The maximum Gasteiger partial charge on any atom is 0.472 e. The van der Waals surface area contributed by atoms with E-state index in [-0.39, 0.29) is 25.7 Å². The van der Waals surface area contributed by atoms with Crippen LogP contribution in [0.1, 0.15) is 162 Å². The van der Waals surface area contributed by atoms with Crippen LogP contribution in [0.4, 0.5) is 0 Å². The lowest BCUT2D eigenvalue weighted by molar-refractivity contribution is -0.216. The number of rotatable bonds is 41. The molecule has 9 atom stereocenters. The summed E-state index contributed by atoms with van der Waals surface area (Å²) < 4.78 is 49.3. The highest BCUT2D eigenvalue weighted by Crippen LogP contribution is 2.49. The van der Waals surface area contributed by atoms with Crippen LogP contribution in [0.3, 0.4) is 0 Å². The Hall–Kier alpha value is -2.86. The first-order chi connectivity index (χ1) is 33.5. The molecular formula is C51H86O17P2. The number of unbranched alkanes of at least 4 members (excludes halogenated alkanes) is 12. The normalized spacial score (nSPS) is 22.1. The fourth-order valence-electron chi connectivity index (χ4n) is 7.08. The van der Waals surface area contributed by atoms with Crippen molar-refractivity contribution < 1.29 is 82.0 Å². The lowest BCUT2D eigenvalue weighted by Gasteiger charge is -2.43. The van der Waals surface area contributed by atoms with Crippen molar-refractivity contribution in [3.63, 3.8) is 0 Å². The second kappa shape index (κ2) is 40.6. The zero-order valence-corrected chi connectivity index (χ0v) is 43.3. The SMILES string of the molecule is CCCCC/C=C\C/C=C\C/C=C\C/C=C\CCCCCC(=O)OC[C@H](COP(=O)(O)O[C@H]1C(O)C(O)C(O)[C@@H](OP(=O)(O)O)C1O)OC(=O)CCCC(O)/C=C/C=C/C/C=C/CCCCCCCC. The minimum atomic E-state index is -5.39. The van der Waals surface area contributed by atoms with Gasteiger partial charge >= 0.3 is 27.6 Å². The van der Waals surface area contributed by atoms with Crippen molar-refractivity contribution in [3.8, 4) is 0 Å². The van der Waals surface area contributed by atoms with Crippen LogP contribution in [0, 0.1) is 0 Å². The predicted octanol–water partition coefficient (Wildman–Crippen LogP) is 9.15. The Morgan fingerprint density at radius 3 is 1.57 bits per heavy atom. The molecule has 0 radical (unpaired) electrons. The van der Waals surface area contributed by atoms with Crippen molar-refractivity contribution in [2.45, 2.75) is 210 Å². The minimum absolute atomic E-state index is 0.0395. The van der Waals surface area contributed by atoms with Crippen molar-refractivity contribution in [2.24, 2.45) is 0 Å². The van der Waals surface area contributed by atoms with Gasteiger partial charge in [0.25, 0.3) is 0 Å². The summed E-state index contributed by atoms with van der Waals surface area (Å²) in [6.45, 7) is 2.89. The number of hydrogen-bond acceptors (Lipinski definition) is 14. The average Bonchev–Trinajstić information content (AvgIpc) is 3.31. The van der Waals surface area contributed by atoms with E-state index >= 15 is 0 Å². The third-order valence-corrected chi connectivity index (χ3v) is 12.5. The Morgan fingerprint density at radius 1 is 0.529 bits per heavy atom. The van der Waals surface area contributed by atoms with Crippen LogP contribution in [0.5, 0.6) is 0 Å². The van der Waals surface area contributed by atoms with Crippen molar-refractivity contribution in [1.29, 1.82) is 0 Å². The summed E-state index contributed by atoms with van der Waals surface area (Å²) in [6.07, 6.45) is 32.6. The van der Waals surface area contributed by atoms with Gasteiger partial charge in [0.2, 0.25) is 0 Å². The van der Waals surface area contributed by atoms with E-state index in [4.69, 9.17) is 18.5 Å². The molecule has 0 heterocycles. The summed E-state index contributed by atoms with van der Waals surface area (Å²) >= 11 is 0. The molecule has 17 nitrogen and oxygen atoms in total. The summed E-state index contributed by atoms with van der Waals surface area (Å²) in [6, 6.07) is 0. The number of carbonyl (C=O) groups excluding carboxylic acids is 2. The minimum Gasteiger partial charge on any atom is -0.462 e. The van der Waals surface area contributed by atoms with Gasteiger partial charge in [-0.1, -0.05) is 150 Å². The van der Waals surface area contributed by atoms with Crippen molar-refractivity contribution in [1.82, 2.24) is 0 Å². The topological polar surface area (TPSA) is 276 Å². The van der Waals surface area contributed by atoms with Gasteiger partial charge in [-0.05, 0) is 83.5 Å². The van der Waals surface area contributed by atoms with E-state index in [9.17, 15) is 58.9 Å². The van der Waals surface area contributed by atoms with Gasteiger partial charge in [-0.25, -0.2) is 9.13 Å². The number of ether oxygens (including phenoxy) is 2. The van der Waals surface area contributed by atoms with Gasteiger partial charge in [0.05, 0.1) is 12.7 Å². The Bertz CT molecular complexity index is 1690. The van der Waals surface area contributed by atoms with E-state index in [1.165, 1.54) is 57.8 Å². The van der Waals surface area contributed by atoms with Gasteiger partial charge in [0, 0.05) is 12.8 Å². The number of aliphatic hydroxyl groups is 5. The standard InChI is InChI=1S/C51H86O17P2/c1-3-5-7-9-11-13-15-17-18-19-20-21-22-24-26-28-30-32-34-38-44(53)64-40-43(41-65-70(62,63)68-51-48(57)46(55)47(56)50(49(51)58)67-69(59,60)61)66-45(54)39-35-37-42(52)36-33-31-29-27-25-23-16-14-12-10-8-6-4-2/h11,13,17-18,20-21,23-26,29,31,33,36,42-43,46-52,55-58H,3-10,12,14-16,19,22,27-28,30,32,34-35,37-41H2,1-2H3,(H,62,63)(H2,59,60,61)/b13-11-,18-17-,21-20-,25-23+,26-24-,31-29+,36-33+/t42?,43-,46?,47?,48?,49?,50-,51+/m1/s1. The molecule has 1 fully saturated rings. The first-order valence-electron chi connectivity index (χ1n) is 25.2. The van der Waals surface area contributed by atoms with Crippen LogP contribution < -0.4 is 0 Å². The van der Waals surface area contributed by atoms with E-state index in [1.54, 1.807) is 12.2 Å². The first-order valence-corrected chi connectivity index (χ1v) is 28.3. The molecule has 1 saturated carbocycles. The lowest BCUT2D eigenvalue weighted by atomic mass is 9.85. The summed E-state index contributed by atoms with van der Waals surface area (Å²) in [7, 11) is -10.8. The molecule has 0 aromatic rings. The molecule has 1 aliphatic carbocycles. The molecule has 8 N–H and O–H groups in total. The average molecular weight is 1030 g/mol. The molecule has 0 saturated heterocycles. The van der Waals surface area contributed by atoms with Crippen molar-refractivity contribution in [2.75, 3.05) is 13.2 Å². The van der Waals surface area contributed by atoms with Gasteiger partial charge in [-0.15, -0.1) is 0 Å². The van der Waals surface area contributed by atoms with Gasteiger partial charge in [-0.3, -0.25) is 23.2 Å². The van der Waals surface area contributed by atoms with Gasteiger partial charge in [0.15, 0.2) is 6.10 Å². The van der Waals surface area contributed by atoms with Gasteiger partial charge in [-0.2, -0.15) is 0 Å². The molecule has 0 spiro atoms. The molecule has 1 rings (SSSR count). The van der Waals surface area contributed by atoms with Crippen molar-refractivity contribution in [3.05, 3.63) is 85.1 Å². The monoisotopic (exact) mass is 1030 g/mol. The van der Waals surface area contributed by atoms with Crippen LogP contribution in [0.15, 0.2) is 85.1 Å². The van der Waals surface area contributed by atoms with Crippen molar-refractivity contribution >= 4 is 27.6 Å². The van der Waals surface area contributed by atoms with Crippen LogP contribution in [0.25, 0.3) is 0 Å². The number of phosphoric acid groups is 2. The van der Waals surface area contributed by atoms with E-state index in [2.05, 4.69) is 79.1 Å². The Labute approximate surface area is 416 Å². The second-order valence-electron chi connectivity index (χ2n) is 17.4. The summed E-state index contributed by atoms with van der Waals surface area (Å²) in [5.74, 6) is -1.45. The number of phosphoric ester groups is 2. The van der Waals surface area contributed by atoms with E-state index in [0.717, 1.165) is 57.8 Å². The third kappa shape index (κ3) is 34.5. The third-order valence-electron chi connectivity index (χ3n) is 11.0. The van der Waals surface area contributed by atoms with E-state index in [0.29, 0.717) is 6.42 Å². The number of aliphatic hydroxyl groups excluding tert-OH is 5. The maximum atomic E-state index is 13.0. The van der Waals surface area contributed by atoms with Gasteiger partial charge < -0.3 is 49.7 Å². The molecule has 0 aliphatic heterocycles. The van der Waals surface area contributed by atoms with Gasteiger partial charge in [0.1, 0.15) is 43.2 Å². The molecule has 0 amide bonds. The number of allylic oxidation sites excluding steroid dienone is 13. The zero-order chi connectivity index (χ0) is 51.9. The Morgan fingerprint density at radius 2 is 1.00 bits per heavy atom. The quantitative estimate of drug-likeness (QED) is 0.00932. The fourth-order valence-corrected chi connectivity index (χ4v) is 8.62. The molecule has 0 aromatic heterocycles. The summed E-state index contributed by atoms with van der Waals surface area (Å²) in [5, 5.41) is 51.7. The molecule has 0 bridgehead atoms. The summed E-state index contributed by atoms with van der Waals surface area (Å²) in [5.41, 5.74) is 0.